The van der Waals surface area contributed by atoms with Crippen molar-refractivity contribution in [3.8, 4) is 0 Å². The van der Waals surface area contributed by atoms with E-state index in [1.54, 1.807) is 0 Å². The topological polar surface area (TPSA) is 49.3 Å². The number of hydrogen-bond donors (Lipinski definition) is 2. The summed E-state index contributed by atoms with van der Waals surface area (Å²) >= 11 is 0. The molecule has 0 aliphatic heterocycles. The third-order valence-electron chi connectivity index (χ3n) is 3.88. The second-order valence-corrected chi connectivity index (χ2v) is 6.16. The molecule has 2 aromatic rings. The molecule has 2 rings (SSSR count). The SMILES string of the molecule is CCNC(=NCc1cccc(C)n1)NCC(C)c1cccc(C)c1.I. The predicted octanol–water partition coefficient (Wildman–Crippen LogP) is 4.18. The van der Waals surface area contributed by atoms with Crippen LogP contribution in [0.3, 0.4) is 0 Å². The lowest BCUT2D eigenvalue weighted by atomic mass is 9.99. The number of pyridine rings is 1. The lowest BCUT2D eigenvalue weighted by Gasteiger charge is -2.16. The zero-order valence-electron chi connectivity index (χ0n) is 15.5. The fraction of sp³-hybridized carbons (Fsp3) is 0.400. The quantitative estimate of drug-likeness (QED) is 0.393. The highest BCUT2D eigenvalue weighted by molar-refractivity contribution is 14.0. The average molecular weight is 452 g/mol. The van der Waals surface area contributed by atoms with E-state index in [0.29, 0.717) is 12.5 Å². The summed E-state index contributed by atoms with van der Waals surface area (Å²) in [5, 5.41) is 6.73. The van der Waals surface area contributed by atoms with E-state index in [0.717, 1.165) is 30.4 Å². The molecular formula is C20H29IN4. The van der Waals surface area contributed by atoms with Crippen molar-refractivity contribution in [3.05, 3.63) is 65.0 Å². The third-order valence-corrected chi connectivity index (χ3v) is 3.88. The fourth-order valence-corrected chi connectivity index (χ4v) is 2.53. The molecule has 0 spiro atoms. The van der Waals surface area contributed by atoms with Crippen LogP contribution < -0.4 is 10.6 Å². The van der Waals surface area contributed by atoms with Gasteiger partial charge in [-0.2, -0.15) is 0 Å². The summed E-state index contributed by atoms with van der Waals surface area (Å²) in [7, 11) is 0. The zero-order chi connectivity index (χ0) is 17.4. The van der Waals surface area contributed by atoms with Crippen molar-refractivity contribution < 1.29 is 0 Å². The van der Waals surface area contributed by atoms with Gasteiger partial charge in [-0.05, 0) is 44.4 Å². The largest absolute Gasteiger partial charge is 0.357 e. The summed E-state index contributed by atoms with van der Waals surface area (Å²) in [6, 6.07) is 14.7. The molecule has 0 fully saturated rings. The average Bonchev–Trinajstić information content (AvgIpc) is 2.57. The van der Waals surface area contributed by atoms with Crippen LogP contribution in [-0.4, -0.2) is 24.0 Å². The zero-order valence-corrected chi connectivity index (χ0v) is 17.9. The lowest BCUT2D eigenvalue weighted by molar-refractivity contribution is 0.698. The van der Waals surface area contributed by atoms with Crippen molar-refractivity contribution in [3.63, 3.8) is 0 Å². The van der Waals surface area contributed by atoms with Crippen LogP contribution in [0.25, 0.3) is 0 Å². The maximum absolute atomic E-state index is 4.64. The maximum atomic E-state index is 4.64. The highest BCUT2D eigenvalue weighted by atomic mass is 127. The number of aryl methyl sites for hydroxylation is 2. The van der Waals surface area contributed by atoms with E-state index in [1.165, 1.54) is 11.1 Å². The Balaban J connectivity index is 0.00000312. The first kappa shape index (κ1) is 21.4. The van der Waals surface area contributed by atoms with Crippen LogP contribution in [0.5, 0.6) is 0 Å². The Morgan fingerprint density at radius 3 is 2.56 bits per heavy atom. The number of aliphatic imine (C=N–C) groups is 1. The lowest BCUT2D eigenvalue weighted by Crippen LogP contribution is -2.39. The van der Waals surface area contributed by atoms with Crippen LogP contribution in [0, 0.1) is 13.8 Å². The normalized spacial score (nSPS) is 12.2. The van der Waals surface area contributed by atoms with E-state index >= 15 is 0 Å². The van der Waals surface area contributed by atoms with Gasteiger partial charge in [0.15, 0.2) is 5.96 Å². The van der Waals surface area contributed by atoms with Crippen molar-refractivity contribution in [1.82, 2.24) is 15.6 Å². The van der Waals surface area contributed by atoms with Gasteiger partial charge in [0.05, 0.1) is 12.2 Å². The summed E-state index contributed by atoms with van der Waals surface area (Å²) < 4.78 is 0. The minimum absolute atomic E-state index is 0. The Hall–Kier alpha value is -1.63. The predicted molar refractivity (Wildman–Crippen MR) is 117 cm³/mol. The van der Waals surface area contributed by atoms with E-state index in [-0.39, 0.29) is 24.0 Å². The molecule has 1 unspecified atom stereocenters. The first-order valence-electron chi connectivity index (χ1n) is 8.59. The first-order chi connectivity index (χ1) is 11.6. The molecule has 0 saturated heterocycles. The van der Waals surface area contributed by atoms with E-state index in [2.05, 4.69) is 65.6 Å². The molecule has 1 atom stereocenters. The number of nitrogens with zero attached hydrogens (tertiary/aromatic N) is 2. The summed E-state index contributed by atoms with van der Waals surface area (Å²) in [6.07, 6.45) is 0. The van der Waals surface area contributed by atoms with Crippen LogP contribution in [-0.2, 0) is 6.54 Å². The number of nitrogens with one attached hydrogen (secondary N) is 2. The second kappa shape index (κ2) is 11.1. The number of rotatable bonds is 6. The third kappa shape index (κ3) is 7.42. The van der Waals surface area contributed by atoms with Crippen LogP contribution in [0.2, 0.25) is 0 Å². The van der Waals surface area contributed by atoms with E-state index in [9.17, 15) is 0 Å². The van der Waals surface area contributed by atoms with Gasteiger partial charge in [-0.25, -0.2) is 4.99 Å². The van der Waals surface area contributed by atoms with Crippen molar-refractivity contribution in [2.75, 3.05) is 13.1 Å². The molecule has 2 N–H and O–H groups in total. The van der Waals surface area contributed by atoms with Gasteiger partial charge in [0.25, 0.3) is 0 Å². The van der Waals surface area contributed by atoms with Gasteiger partial charge in [-0.3, -0.25) is 4.98 Å². The van der Waals surface area contributed by atoms with Crippen molar-refractivity contribution >= 4 is 29.9 Å². The molecule has 136 valence electrons. The van der Waals surface area contributed by atoms with Gasteiger partial charge < -0.3 is 10.6 Å². The Bertz CT molecular complexity index is 685. The second-order valence-electron chi connectivity index (χ2n) is 6.16. The molecule has 4 nitrogen and oxygen atoms in total. The molecule has 1 heterocycles. The molecular weight excluding hydrogens is 423 g/mol. The monoisotopic (exact) mass is 452 g/mol. The van der Waals surface area contributed by atoms with Gasteiger partial charge in [0.1, 0.15) is 0 Å². The number of guanidine groups is 1. The molecule has 0 aliphatic rings. The van der Waals surface area contributed by atoms with Crippen LogP contribution in [0.15, 0.2) is 47.5 Å². The van der Waals surface area contributed by atoms with Crippen LogP contribution >= 0.6 is 24.0 Å². The highest BCUT2D eigenvalue weighted by Crippen LogP contribution is 2.15. The van der Waals surface area contributed by atoms with Gasteiger partial charge in [0.2, 0.25) is 0 Å². The molecule has 1 aromatic carbocycles. The minimum atomic E-state index is 0. The molecule has 1 aromatic heterocycles. The number of benzene rings is 1. The molecule has 0 amide bonds. The van der Waals surface area contributed by atoms with E-state index in [4.69, 9.17) is 0 Å². The van der Waals surface area contributed by atoms with Gasteiger partial charge >= 0.3 is 0 Å². The smallest absolute Gasteiger partial charge is 0.191 e. The number of aromatic nitrogens is 1. The Kier molecular flexibility index (Phi) is 9.49. The summed E-state index contributed by atoms with van der Waals surface area (Å²) in [6.45, 7) is 10.7. The number of hydrogen-bond acceptors (Lipinski definition) is 2. The van der Waals surface area contributed by atoms with Crippen molar-refractivity contribution in [1.29, 1.82) is 0 Å². The van der Waals surface area contributed by atoms with E-state index < -0.39 is 0 Å². The van der Waals surface area contributed by atoms with Gasteiger partial charge in [0, 0.05) is 18.8 Å². The fourth-order valence-electron chi connectivity index (χ4n) is 2.53. The Morgan fingerprint density at radius 1 is 1.12 bits per heavy atom. The van der Waals surface area contributed by atoms with Crippen LogP contribution in [0.4, 0.5) is 0 Å². The van der Waals surface area contributed by atoms with Crippen LogP contribution in [0.1, 0.15) is 42.3 Å². The van der Waals surface area contributed by atoms with Crippen molar-refractivity contribution in [2.24, 2.45) is 4.99 Å². The minimum Gasteiger partial charge on any atom is -0.357 e. The first-order valence-corrected chi connectivity index (χ1v) is 8.59. The van der Waals surface area contributed by atoms with Gasteiger partial charge in [-0.15, -0.1) is 24.0 Å². The van der Waals surface area contributed by atoms with Crippen molar-refractivity contribution in [2.45, 2.75) is 40.2 Å². The molecule has 0 radical (unpaired) electrons. The molecule has 25 heavy (non-hydrogen) atoms. The summed E-state index contributed by atoms with van der Waals surface area (Å²) in [4.78, 5) is 9.14. The Labute approximate surface area is 168 Å². The molecule has 0 bridgehead atoms. The summed E-state index contributed by atoms with van der Waals surface area (Å²) in [5.41, 5.74) is 4.65. The summed E-state index contributed by atoms with van der Waals surface area (Å²) in [5.74, 6) is 1.26. The molecule has 0 aliphatic carbocycles. The van der Waals surface area contributed by atoms with Gasteiger partial charge in [-0.1, -0.05) is 42.8 Å². The molecule has 0 saturated carbocycles. The standard InChI is InChI=1S/C20H28N4.HI/c1-5-21-20(23-14-19-11-7-9-17(4)24-19)22-13-16(3)18-10-6-8-15(2)12-18;/h6-12,16H,5,13-14H2,1-4H3,(H2,21,22,23);1H. The Morgan fingerprint density at radius 2 is 1.88 bits per heavy atom. The molecule has 5 heteroatoms. The maximum Gasteiger partial charge on any atom is 0.191 e. The number of halogens is 1. The van der Waals surface area contributed by atoms with E-state index in [1.807, 2.05) is 25.1 Å². The highest BCUT2D eigenvalue weighted by Gasteiger charge is 2.07.